The van der Waals surface area contributed by atoms with Crippen LogP contribution < -0.4 is 10.6 Å². The lowest BCUT2D eigenvalue weighted by Gasteiger charge is -2.18. The molecule has 0 saturated heterocycles. The molecule has 0 bridgehead atoms. The van der Waals surface area contributed by atoms with Crippen LogP contribution in [-0.4, -0.2) is 33.6 Å². The van der Waals surface area contributed by atoms with Gasteiger partial charge in [0, 0.05) is 24.4 Å². The Morgan fingerprint density at radius 1 is 1.39 bits per heavy atom. The van der Waals surface area contributed by atoms with Crippen LogP contribution in [0.25, 0.3) is 5.69 Å². The smallest absolute Gasteiger partial charge is 0.320 e. The normalized spacial score (nSPS) is 13.4. The molecule has 0 spiro atoms. The van der Waals surface area contributed by atoms with E-state index >= 15 is 0 Å². The molecule has 6 nitrogen and oxygen atoms in total. The minimum Gasteiger partial charge on any atom is -0.396 e. The number of aromatic nitrogens is 2. The maximum atomic E-state index is 13.3. The highest BCUT2D eigenvalue weighted by atomic mass is 19.1. The fourth-order valence-electron chi connectivity index (χ4n) is 2.06. The number of aryl methyl sites for hydroxylation is 1. The van der Waals surface area contributed by atoms with E-state index in [2.05, 4.69) is 15.7 Å². The van der Waals surface area contributed by atoms with Crippen molar-refractivity contribution in [2.45, 2.75) is 26.8 Å². The Morgan fingerprint density at radius 3 is 2.78 bits per heavy atom. The molecule has 1 aromatic heterocycles. The molecular weight excluding hydrogens is 299 g/mol. The number of halogens is 1. The molecule has 0 aliphatic heterocycles. The van der Waals surface area contributed by atoms with Crippen LogP contribution in [0.4, 0.5) is 15.0 Å². The number of urea groups is 1. The Bertz CT molecular complexity index is 686. The molecule has 2 rings (SSSR count). The lowest BCUT2D eigenvalue weighted by atomic mass is 10.1. The Labute approximate surface area is 134 Å². The molecule has 1 aromatic carbocycles. The Balaban J connectivity index is 2.08. The number of rotatable bonds is 5. The van der Waals surface area contributed by atoms with Crippen molar-refractivity contribution in [3.8, 4) is 5.69 Å². The van der Waals surface area contributed by atoms with Gasteiger partial charge in [-0.3, -0.25) is 5.32 Å². The number of hydrogen-bond donors (Lipinski definition) is 3. The van der Waals surface area contributed by atoms with Gasteiger partial charge in [0.15, 0.2) is 5.82 Å². The summed E-state index contributed by atoms with van der Waals surface area (Å²) in [5, 5.41) is 18.7. The second-order valence-electron chi connectivity index (χ2n) is 5.61. The third-order valence-corrected chi connectivity index (χ3v) is 3.68. The molecule has 2 atom stereocenters. The predicted molar refractivity (Wildman–Crippen MR) is 86.1 cm³/mol. The van der Waals surface area contributed by atoms with Crippen molar-refractivity contribution in [1.29, 1.82) is 0 Å². The highest BCUT2D eigenvalue weighted by Crippen LogP contribution is 2.16. The average Bonchev–Trinajstić information content (AvgIpc) is 2.86. The van der Waals surface area contributed by atoms with Gasteiger partial charge in [-0.1, -0.05) is 13.0 Å². The maximum Gasteiger partial charge on any atom is 0.320 e. The molecule has 7 heteroatoms. The zero-order chi connectivity index (χ0) is 17.0. The minimum atomic E-state index is -0.401. The van der Waals surface area contributed by atoms with Crippen LogP contribution >= 0.6 is 0 Å². The summed E-state index contributed by atoms with van der Waals surface area (Å²) in [5.74, 6) is -0.0306. The largest absolute Gasteiger partial charge is 0.396 e. The molecule has 0 aliphatic carbocycles. The van der Waals surface area contributed by atoms with Crippen LogP contribution in [0.5, 0.6) is 0 Å². The number of aliphatic hydroxyl groups excluding tert-OH is 1. The van der Waals surface area contributed by atoms with Gasteiger partial charge in [0.05, 0.1) is 5.69 Å². The summed E-state index contributed by atoms with van der Waals surface area (Å²) in [7, 11) is 0. The number of nitrogens with one attached hydrogen (secondary N) is 2. The second kappa shape index (κ2) is 7.23. The van der Waals surface area contributed by atoms with Crippen LogP contribution in [0.3, 0.4) is 0 Å². The number of carbonyl (C=O) groups is 1. The lowest BCUT2D eigenvalue weighted by Crippen LogP contribution is -2.40. The predicted octanol–water partition coefficient (Wildman–Crippen LogP) is 2.46. The van der Waals surface area contributed by atoms with Gasteiger partial charge < -0.3 is 10.4 Å². The Hall–Kier alpha value is -2.41. The summed E-state index contributed by atoms with van der Waals surface area (Å²) >= 11 is 0. The quantitative estimate of drug-likeness (QED) is 0.792. The van der Waals surface area contributed by atoms with Gasteiger partial charge in [0.1, 0.15) is 5.82 Å². The summed E-state index contributed by atoms with van der Waals surface area (Å²) in [6.07, 6.45) is 0. The van der Waals surface area contributed by atoms with E-state index in [1.54, 1.807) is 22.9 Å². The Morgan fingerprint density at radius 2 is 2.13 bits per heavy atom. The van der Waals surface area contributed by atoms with Gasteiger partial charge in [0.25, 0.3) is 0 Å². The monoisotopic (exact) mass is 320 g/mol. The number of amides is 2. The van der Waals surface area contributed by atoms with Crippen molar-refractivity contribution < 1.29 is 14.3 Å². The number of nitrogens with zero attached hydrogens (tertiary/aromatic N) is 2. The molecule has 0 fully saturated rings. The summed E-state index contributed by atoms with van der Waals surface area (Å²) in [6.45, 7) is 5.47. The minimum absolute atomic E-state index is 0.00521. The average molecular weight is 320 g/mol. The second-order valence-corrected chi connectivity index (χ2v) is 5.61. The third-order valence-electron chi connectivity index (χ3n) is 3.68. The van der Waals surface area contributed by atoms with E-state index in [1.165, 1.54) is 12.1 Å². The van der Waals surface area contributed by atoms with E-state index in [0.29, 0.717) is 11.5 Å². The molecule has 1 heterocycles. The van der Waals surface area contributed by atoms with E-state index in [1.807, 2.05) is 20.8 Å². The molecule has 124 valence electrons. The van der Waals surface area contributed by atoms with Crippen LogP contribution in [-0.2, 0) is 0 Å². The van der Waals surface area contributed by atoms with Crippen molar-refractivity contribution in [3.05, 3.63) is 41.8 Å². The number of hydrogen-bond acceptors (Lipinski definition) is 3. The van der Waals surface area contributed by atoms with Gasteiger partial charge in [0.2, 0.25) is 0 Å². The molecule has 3 N–H and O–H groups in total. The molecule has 2 aromatic rings. The molecular formula is C16H21FN4O2. The first-order chi connectivity index (χ1) is 10.9. The van der Waals surface area contributed by atoms with Crippen molar-refractivity contribution in [3.63, 3.8) is 0 Å². The number of aliphatic hydroxyl groups is 1. The first-order valence-electron chi connectivity index (χ1n) is 7.41. The fourth-order valence-corrected chi connectivity index (χ4v) is 2.06. The summed E-state index contributed by atoms with van der Waals surface area (Å²) in [4.78, 5) is 11.9. The SMILES string of the molecule is Cc1cc(NC(=O)N[C@H](C)[C@H](C)CO)nn1-c1cccc(F)c1. The summed E-state index contributed by atoms with van der Waals surface area (Å²) in [5.41, 5.74) is 1.35. The summed E-state index contributed by atoms with van der Waals surface area (Å²) in [6, 6.07) is 7.19. The van der Waals surface area contributed by atoms with E-state index < -0.39 is 6.03 Å². The van der Waals surface area contributed by atoms with E-state index in [4.69, 9.17) is 5.11 Å². The van der Waals surface area contributed by atoms with Gasteiger partial charge in [-0.2, -0.15) is 0 Å². The van der Waals surface area contributed by atoms with Crippen molar-refractivity contribution >= 4 is 11.8 Å². The van der Waals surface area contributed by atoms with Crippen LogP contribution in [0.1, 0.15) is 19.5 Å². The Kier molecular flexibility index (Phi) is 5.33. The van der Waals surface area contributed by atoms with Crippen LogP contribution in [0.15, 0.2) is 30.3 Å². The molecule has 23 heavy (non-hydrogen) atoms. The van der Waals surface area contributed by atoms with Gasteiger partial charge in [-0.05, 0) is 38.0 Å². The first kappa shape index (κ1) is 17.0. The van der Waals surface area contributed by atoms with Crippen molar-refractivity contribution in [2.24, 2.45) is 5.92 Å². The fraction of sp³-hybridized carbons (Fsp3) is 0.375. The number of benzene rings is 1. The van der Waals surface area contributed by atoms with Crippen LogP contribution in [0.2, 0.25) is 0 Å². The zero-order valence-corrected chi connectivity index (χ0v) is 13.4. The number of carbonyl (C=O) groups excluding carboxylic acids is 1. The van der Waals surface area contributed by atoms with Crippen molar-refractivity contribution in [2.75, 3.05) is 11.9 Å². The third kappa shape index (κ3) is 4.29. The molecule has 0 saturated carbocycles. The molecule has 0 unspecified atom stereocenters. The standard InChI is InChI=1S/C16H21FN4O2/c1-10(9-22)12(3)18-16(23)19-15-7-11(2)21(20-15)14-6-4-5-13(17)8-14/h4-8,10,12,22H,9H2,1-3H3,(H2,18,19,20,23)/t10-,12-/m1/s1. The highest BCUT2D eigenvalue weighted by molar-refractivity contribution is 5.88. The topological polar surface area (TPSA) is 79.2 Å². The van der Waals surface area contributed by atoms with Gasteiger partial charge >= 0.3 is 6.03 Å². The summed E-state index contributed by atoms with van der Waals surface area (Å²) < 4.78 is 14.9. The lowest BCUT2D eigenvalue weighted by molar-refractivity contribution is 0.204. The van der Waals surface area contributed by atoms with Gasteiger partial charge in [-0.25, -0.2) is 13.9 Å². The van der Waals surface area contributed by atoms with Crippen molar-refractivity contribution in [1.82, 2.24) is 15.1 Å². The van der Waals surface area contributed by atoms with E-state index in [0.717, 1.165) is 5.69 Å². The maximum absolute atomic E-state index is 13.3. The molecule has 0 radical (unpaired) electrons. The van der Waals surface area contributed by atoms with Crippen LogP contribution in [0, 0.1) is 18.7 Å². The van der Waals surface area contributed by atoms with Gasteiger partial charge in [-0.15, -0.1) is 5.10 Å². The first-order valence-corrected chi connectivity index (χ1v) is 7.41. The molecule has 0 aliphatic rings. The zero-order valence-electron chi connectivity index (χ0n) is 13.4. The van der Waals surface area contributed by atoms with E-state index in [9.17, 15) is 9.18 Å². The highest BCUT2D eigenvalue weighted by Gasteiger charge is 2.15. The number of anilines is 1. The van der Waals surface area contributed by atoms with E-state index in [-0.39, 0.29) is 24.4 Å². The molecule has 2 amide bonds.